The first kappa shape index (κ1) is 70.8. The lowest BCUT2D eigenvalue weighted by Gasteiger charge is -2.09. The summed E-state index contributed by atoms with van der Waals surface area (Å²) in [7, 11) is 8.71. The summed E-state index contributed by atoms with van der Waals surface area (Å²) >= 11 is 0. The molecule has 2 N–H and O–H groups in total. The molecule has 1 aliphatic rings. The van der Waals surface area contributed by atoms with Crippen LogP contribution in [0.5, 0.6) is 0 Å². The molecule has 22 nitrogen and oxygen atoms in total. The monoisotopic (exact) mass is 1290 g/mol. The summed E-state index contributed by atoms with van der Waals surface area (Å²) < 4.78 is 72.1. The molecular weight excluding hydrogens is 1210 g/mol. The Bertz CT molecular complexity index is 3270. The number of hydrogen-bond donors (Lipinski definition) is 2. The zero-order valence-electron chi connectivity index (χ0n) is 53.8. The van der Waals surface area contributed by atoms with Gasteiger partial charge in [-0.1, -0.05) is 97.1 Å². The number of imidazole rings is 2. The molecule has 1 aliphatic heterocycles. The summed E-state index contributed by atoms with van der Waals surface area (Å²) in [6.45, 7) is 10.3. The van der Waals surface area contributed by atoms with Gasteiger partial charge >= 0.3 is 23.9 Å². The fourth-order valence-corrected chi connectivity index (χ4v) is 9.73. The predicted molar refractivity (Wildman–Crippen MR) is 354 cm³/mol. The van der Waals surface area contributed by atoms with Gasteiger partial charge in [-0.2, -0.15) is 0 Å². The Morgan fingerprint density at radius 1 is 0.298 bits per heavy atom. The number of fused-ring (bicyclic) bond motifs is 2. The van der Waals surface area contributed by atoms with Crippen molar-refractivity contribution in [3.8, 4) is 67.3 Å². The average molecular weight is 1290 g/mol. The van der Waals surface area contributed by atoms with E-state index in [1.807, 2.05) is 97.1 Å². The maximum atomic E-state index is 12.2. The quantitative estimate of drug-likeness (QED) is 0.0618. The van der Waals surface area contributed by atoms with Crippen LogP contribution in [-0.2, 0) is 66.3 Å². The molecule has 1 fully saturated rings. The second-order valence-corrected chi connectivity index (χ2v) is 20.7. The molecule has 10 rings (SSSR count). The summed E-state index contributed by atoms with van der Waals surface area (Å²) in [6.07, 6.45) is 0. The molecule has 9 aromatic rings. The van der Waals surface area contributed by atoms with E-state index in [0.717, 1.165) is 77.7 Å². The molecule has 1 saturated heterocycles. The van der Waals surface area contributed by atoms with Crippen molar-refractivity contribution in [2.45, 2.75) is 0 Å². The lowest BCUT2D eigenvalue weighted by molar-refractivity contribution is -0.0334. The Morgan fingerprint density at radius 3 is 0.713 bits per heavy atom. The topological polar surface area (TPSA) is 255 Å². The maximum absolute atomic E-state index is 12.2. The first-order valence-corrected chi connectivity index (χ1v) is 30.6. The van der Waals surface area contributed by atoms with Gasteiger partial charge in [0.1, 0.15) is 11.6 Å². The molecule has 7 aromatic carbocycles. The molecule has 0 aliphatic carbocycles. The third-order valence-electron chi connectivity index (χ3n) is 14.7. The predicted octanol–water partition coefficient (Wildman–Crippen LogP) is 11.0. The van der Waals surface area contributed by atoms with E-state index in [1.54, 1.807) is 62.8 Å². The van der Waals surface area contributed by atoms with Gasteiger partial charge in [0.2, 0.25) is 0 Å². The van der Waals surface area contributed by atoms with Gasteiger partial charge < -0.3 is 76.3 Å². The van der Waals surface area contributed by atoms with Crippen LogP contribution in [0, 0.1) is 0 Å². The molecule has 2 aromatic heterocycles. The molecule has 0 amide bonds. The SMILES string of the molecule is C1COCCOCCOCCOCCOCCOCCOCCO1.COC(=O)c1ccc(-c2ccc(-c3ccc(C(=O)OC)cc3)c3[nH]c(-c4ccc(-c5nc6c(-c7ccc(C(=O)OC)cc7)ccc(-c7ccc(C(=O)OC)cc7)c6[nH]5)cc4)nc23)cc1.COCCOC. The van der Waals surface area contributed by atoms with Crippen LogP contribution in [0.2, 0.25) is 0 Å². The van der Waals surface area contributed by atoms with Crippen molar-refractivity contribution in [2.24, 2.45) is 0 Å². The number of carbonyl (C=O) groups excluding carboxylic acids is 4. The van der Waals surface area contributed by atoms with E-state index in [9.17, 15) is 19.2 Å². The molecule has 94 heavy (non-hydrogen) atoms. The van der Waals surface area contributed by atoms with Crippen LogP contribution in [0.4, 0.5) is 0 Å². The first-order chi connectivity index (χ1) is 46.1. The van der Waals surface area contributed by atoms with Gasteiger partial charge in [0.15, 0.2) is 0 Å². The van der Waals surface area contributed by atoms with Crippen molar-refractivity contribution < 1.29 is 85.5 Å². The number of esters is 4. The normalized spacial score (nSPS) is 14.2. The van der Waals surface area contributed by atoms with Gasteiger partial charge in [0.05, 0.1) is 192 Å². The van der Waals surface area contributed by atoms with Gasteiger partial charge in [-0.05, 0) is 70.8 Å². The van der Waals surface area contributed by atoms with Gasteiger partial charge in [-0.3, -0.25) is 0 Å². The molecule has 0 atom stereocenters. The summed E-state index contributed by atoms with van der Waals surface area (Å²) in [4.78, 5) is 66.3. The van der Waals surface area contributed by atoms with Crippen LogP contribution in [0.3, 0.4) is 0 Å². The number of benzene rings is 7. The van der Waals surface area contributed by atoms with Crippen LogP contribution in [0.15, 0.2) is 146 Å². The van der Waals surface area contributed by atoms with Crippen LogP contribution >= 0.6 is 0 Å². The van der Waals surface area contributed by atoms with E-state index in [0.29, 0.717) is 153 Å². The molecule has 0 radical (unpaired) electrons. The van der Waals surface area contributed by atoms with Crippen molar-refractivity contribution in [3.63, 3.8) is 0 Å². The summed E-state index contributed by atoms with van der Waals surface area (Å²) in [5, 5.41) is 0. The highest BCUT2D eigenvalue weighted by Crippen LogP contribution is 2.39. The minimum atomic E-state index is -0.421. The van der Waals surface area contributed by atoms with E-state index in [-0.39, 0.29) is 0 Å². The molecule has 0 bridgehead atoms. The van der Waals surface area contributed by atoms with E-state index in [1.165, 1.54) is 28.4 Å². The van der Waals surface area contributed by atoms with Crippen molar-refractivity contribution in [1.29, 1.82) is 0 Å². The van der Waals surface area contributed by atoms with Gasteiger partial charge in [-0.25, -0.2) is 29.1 Å². The minimum Gasteiger partial charge on any atom is -0.465 e. The number of hydrogen-bond acceptors (Lipinski definition) is 20. The Balaban J connectivity index is 0.000000314. The van der Waals surface area contributed by atoms with Crippen molar-refractivity contribution >= 4 is 45.9 Å². The Morgan fingerprint density at radius 2 is 0.500 bits per heavy atom. The number of aromatic amines is 2. The molecule has 22 heteroatoms. The highest BCUT2D eigenvalue weighted by Gasteiger charge is 2.20. The molecule has 0 saturated carbocycles. The van der Waals surface area contributed by atoms with E-state index in [4.69, 9.17) is 66.8 Å². The third-order valence-corrected chi connectivity index (χ3v) is 14.7. The minimum absolute atomic E-state index is 0.420. The smallest absolute Gasteiger partial charge is 0.337 e. The zero-order chi connectivity index (χ0) is 66.3. The number of ether oxygens (including phenoxy) is 14. The van der Waals surface area contributed by atoms with E-state index < -0.39 is 23.9 Å². The molecular formula is C72H80N4O18. The standard InChI is InChI=1S/C52H38N4O8.C16H32O8.C4H10O2/c1-61-49(57)35-17-5-29(6-18-35)39-25-26-40(30-7-19-36(20-8-30)50(58)62-2)44-43(39)53-47(54-44)33-13-15-34(16-14-33)48-55-45-41(31-9-21-37(22-10-31)51(59)63-3)27-28-42(46(45)56-48)32-11-23-38(24-12-32)52(60)64-4;1-2-18-5-6-20-9-10-22-13-14-24-16-15-23-12-11-21-8-7-19-4-3-17-1;1-5-3-4-6-2/h5-28H,1-4H3,(H,53,54)(H,55,56);1-16H2;3-4H2,1-2H3. The number of methoxy groups -OCH3 is 6. The number of aromatic nitrogens is 4. The fourth-order valence-electron chi connectivity index (χ4n) is 9.73. The molecule has 496 valence electrons. The Labute approximate surface area is 545 Å². The Kier molecular flexibility index (Phi) is 28.8. The van der Waals surface area contributed by atoms with Gasteiger partial charge in [-0.15, -0.1) is 0 Å². The van der Waals surface area contributed by atoms with Crippen LogP contribution in [-0.4, -0.2) is 205 Å². The number of carbonyl (C=O) groups is 4. The third kappa shape index (κ3) is 20.2. The fraction of sp³-hybridized carbons (Fsp3) is 0.333. The zero-order valence-corrected chi connectivity index (χ0v) is 53.8. The van der Waals surface area contributed by atoms with E-state index in [2.05, 4.69) is 19.4 Å². The second kappa shape index (κ2) is 38.2. The van der Waals surface area contributed by atoms with Crippen LogP contribution in [0.1, 0.15) is 41.4 Å². The first-order valence-electron chi connectivity index (χ1n) is 30.6. The van der Waals surface area contributed by atoms with Crippen molar-refractivity contribution in [1.82, 2.24) is 19.9 Å². The number of nitrogens with zero attached hydrogens (tertiary/aromatic N) is 2. The summed E-state index contributed by atoms with van der Waals surface area (Å²) in [5.41, 5.74) is 13.4. The molecule has 0 spiro atoms. The van der Waals surface area contributed by atoms with Crippen molar-refractivity contribution in [2.75, 3.05) is 162 Å². The highest BCUT2D eigenvalue weighted by molar-refractivity contribution is 6.05. The highest BCUT2D eigenvalue weighted by atomic mass is 16.6. The average Bonchev–Trinajstić information content (AvgIpc) is 1.60. The van der Waals surface area contributed by atoms with E-state index >= 15 is 0 Å². The number of nitrogens with one attached hydrogen (secondary N) is 2. The summed E-state index contributed by atoms with van der Waals surface area (Å²) in [5.74, 6) is -0.418. The van der Waals surface area contributed by atoms with Gasteiger partial charge in [0, 0.05) is 47.6 Å². The van der Waals surface area contributed by atoms with Crippen LogP contribution < -0.4 is 0 Å². The van der Waals surface area contributed by atoms with Crippen molar-refractivity contribution in [3.05, 3.63) is 168 Å². The maximum Gasteiger partial charge on any atom is 0.337 e. The largest absolute Gasteiger partial charge is 0.465 e. The number of H-pyrrole nitrogens is 2. The summed E-state index contributed by atoms with van der Waals surface area (Å²) in [6, 6.07) is 44.7. The lowest BCUT2D eigenvalue weighted by atomic mass is 9.97. The molecule has 0 unspecified atom stereocenters. The Hall–Kier alpha value is -9.04. The lowest BCUT2D eigenvalue weighted by Crippen LogP contribution is -2.16. The van der Waals surface area contributed by atoms with Crippen LogP contribution in [0.25, 0.3) is 89.4 Å². The second-order valence-electron chi connectivity index (χ2n) is 20.7. The molecule has 3 heterocycles. The van der Waals surface area contributed by atoms with Gasteiger partial charge in [0.25, 0.3) is 0 Å². The number of rotatable bonds is 13.